The standard InChI is InChI=1S/C15H23N3O4.C2H6/c1-10(2)17-13-5-4-12(9-21-11(3)19)14(8-13)15(20)18-22-7-6-16;1-2/h4-5,8,10,17H,6-7,9,16H2,1-3H3,(H,18,20);1-2H3. The molecule has 1 rings (SSSR count). The highest BCUT2D eigenvalue weighted by Crippen LogP contribution is 2.18. The zero-order valence-corrected chi connectivity index (χ0v) is 15.1. The first-order valence-corrected chi connectivity index (χ1v) is 8.09. The Labute approximate surface area is 143 Å². The second-order valence-electron chi connectivity index (χ2n) is 5.02. The fraction of sp³-hybridized carbons (Fsp3) is 0.529. The summed E-state index contributed by atoms with van der Waals surface area (Å²) in [6, 6.07) is 5.49. The highest BCUT2D eigenvalue weighted by molar-refractivity contribution is 5.96. The van der Waals surface area contributed by atoms with Crippen molar-refractivity contribution in [2.75, 3.05) is 18.5 Å². The minimum absolute atomic E-state index is 0.0247. The van der Waals surface area contributed by atoms with E-state index in [1.54, 1.807) is 12.1 Å². The molecule has 0 fully saturated rings. The minimum atomic E-state index is -0.414. The van der Waals surface area contributed by atoms with Gasteiger partial charge in [0.1, 0.15) is 6.61 Å². The van der Waals surface area contributed by atoms with E-state index in [4.69, 9.17) is 15.3 Å². The average Bonchev–Trinajstić information content (AvgIpc) is 2.55. The summed E-state index contributed by atoms with van der Waals surface area (Å²) in [5, 5.41) is 3.21. The number of ether oxygens (including phenoxy) is 1. The van der Waals surface area contributed by atoms with Crippen LogP contribution < -0.4 is 16.5 Å². The number of hydrogen-bond acceptors (Lipinski definition) is 6. The number of hydroxylamine groups is 1. The number of nitrogens with one attached hydrogen (secondary N) is 2. The molecule has 24 heavy (non-hydrogen) atoms. The molecular weight excluding hydrogens is 310 g/mol. The molecule has 7 heteroatoms. The van der Waals surface area contributed by atoms with Gasteiger partial charge >= 0.3 is 5.97 Å². The van der Waals surface area contributed by atoms with Crippen LogP contribution in [0.15, 0.2) is 18.2 Å². The molecule has 0 spiro atoms. The Morgan fingerprint density at radius 3 is 2.46 bits per heavy atom. The van der Waals surface area contributed by atoms with E-state index in [1.807, 2.05) is 33.8 Å². The summed E-state index contributed by atoms with van der Waals surface area (Å²) in [5.41, 5.74) is 9.39. The van der Waals surface area contributed by atoms with Gasteiger partial charge in [0.05, 0.1) is 12.2 Å². The van der Waals surface area contributed by atoms with Gasteiger partial charge in [0.15, 0.2) is 0 Å². The molecule has 0 radical (unpaired) electrons. The van der Waals surface area contributed by atoms with E-state index in [9.17, 15) is 9.59 Å². The lowest BCUT2D eigenvalue weighted by Gasteiger charge is -2.15. The predicted octanol–water partition coefficient (Wildman–Crippen LogP) is 2.22. The number of hydrogen-bond donors (Lipinski definition) is 3. The summed E-state index contributed by atoms with van der Waals surface area (Å²) < 4.78 is 4.97. The van der Waals surface area contributed by atoms with Crippen molar-refractivity contribution in [2.24, 2.45) is 5.73 Å². The van der Waals surface area contributed by atoms with E-state index in [2.05, 4.69) is 10.8 Å². The molecule has 0 atom stereocenters. The molecule has 0 aromatic heterocycles. The van der Waals surface area contributed by atoms with Gasteiger partial charge in [-0.3, -0.25) is 14.4 Å². The van der Waals surface area contributed by atoms with Crippen LogP contribution >= 0.6 is 0 Å². The Balaban J connectivity index is 0.00000254. The van der Waals surface area contributed by atoms with Crippen molar-refractivity contribution in [3.8, 4) is 0 Å². The maximum Gasteiger partial charge on any atom is 0.302 e. The van der Waals surface area contributed by atoms with E-state index in [0.717, 1.165) is 5.69 Å². The number of benzene rings is 1. The van der Waals surface area contributed by atoms with Crippen molar-refractivity contribution in [3.05, 3.63) is 29.3 Å². The fourth-order valence-electron chi connectivity index (χ4n) is 1.75. The topological polar surface area (TPSA) is 103 Å². The van der Waals surface area contributed by atoms with Gasteiger partial charge in [-0.2, -0.15) is 0 Å². The first-order valence-electron chi connectivity index (χ1n) is 8.09. The number of nitrogens with two attached hydrogens (primary N) is 1. The molecule has 1 amide bonds. The van der Waals surface area contributed by atoms with Crippen LogP contribution in [-0.4, -0.2) is 31.1 Å². The van der Waals surface area contributed by atoms with Gasteiger partial charge in [-0.05, 0) is 26.0 Å². The second-order valence-corrected chi connectivity index (χ2v) is 5.02. The van der Waals surface area contributed by atoms with Gasteiger partial charge in [0.2, 0.25) is 0 Å². The van der Waals surface area contributed by atoms with Crippen LogP contribution in [-0.2, 0) is 21.0 Å². The van der Waals surface area contributed by atoms with Crippen LogP contribution in [0.5, 0.6) is 0 Å². The van der Waals surface area contributed by atoms with Crippen molar-refractivity contribution in [1.82, 2.24) is 5.48 Å². The van der Waals surface area contributed by atoms with Gasteiger partial charge < -0.3 is 15.8 Å². The predicted molar refractivity (Wildman–Crippen MR) is 94.5 cm³/mol. The van der Waals surface area contributed by atoms with E-state index >= 15 is 0 Å². The largest absolute Gasteiger partial charge is 0.461 e. The Hall–Kier alpha value is -2.12. The molecule has 0 saturated carbocycles. The van der Waals surface area contributed by atoms with Gasteiger partial charge in [-0.15, -0.1) is 0 Å². The molecule has 136 valence electrons. The summed E-state index contributed by atoms with van der Waals surface area (Å²) in [4.78, 5) is 28.1. The Morgan fingerprint density at radius 2 is 1.92 bits per heavy atom. The summed E-state index contributed by atoms with van der Waals surface area (Å²) in [6.45, 7) is 9.86. The lowest BCUT2D eigenvalue weighted by atomic mass is 10.1. The van der Waals surface area contributed by atoms with Crippen LogP contribution in [0.25, 0.3) is 0 Å². The van der Waals surface area contributed by atoms with Crippen molar-refractivity contribution in [3.63, 3.8) is 0 Å². The average molecular weight is 339 g/mol. The number of esters is 1. The number of carbonyl (C=O) groups is 2. The number of anilines is 1. The highest BCUT2D eigenvalue weighted by atomic mass is 16.6. The SMILES string of the molecule is CC.CC(=O)OCc1ccc(NC(C)C)cc1C(=O)NOCCN. The third-order valence-electron chi connectivity index (χ3n) is 2.63. The normalized spacial score (nSPS) is 9.79. The first-order chi connectivity index (χ1) is 11.4. The fourth-order valence-corrected chi connectivity index (χ4v) is 1.75. The van der Waals surface area contributed by atoms with Crippen LogP contribution in [0.2, 0.25) is 0 Å². The van der Waals surface area contributed by atoms with E-state index in [1.165, 1.54) is 6.92 Å². The molecule has 0 aliphatic rings. The molecule has 0 aliphatic heterocycles. The zero-order valence-electron chi connectivity index (χ0n) is 15.1. The molecule has 0 unspecified atom stereocenters. The zero-order chi connectivity index (χ0) is 18.5. The molecule has 4 N–H and O–H groups in total. The van der Waals surface area contributed by atoms with E-state index < -0.39 is 11.9 Å². The van der Waals surface area contributed by atoms with Crippen LogP contribution in [0.3, 0.4) is 0 Å². The van der Waals surface area contributed by atoms with Gasteiger partial charge in [-0.1, -0.05) is 19.9 Å². The van der Waals surface area contributed by atoms with Crippen molar-refractivity contribution < 1.29 is 19.2 Å². The maximum atomic E-state index is 12.2. The van der Waals surface area contributed by atoms with Crippen LogP contribution in [0.4, 0.5) is 5.69 Å². The summed E-state index contributed by atoms with van der Waals surface area (Å²) in [6.07, 6.45) is 0. The molecule has 0 saturated heterocycles. The molecule has 0 aliphatic carbocycles. The smallest absolute Gasteiger partial charge is 0.302 e. The summed E-state index contributed by atoms with van der Waals surface area (Å²) >= 11 is 0. The van der Waals surface area contributed by atoms with Crippen molar-refractivity contribution in [1.29, 1.82) is 0 Å². The lowest BCUT2D eigenvalue weighted by molar-refractivity contribution is -0.142. The molecule has 1 aromatic rings. The Morgan fingerprint density at radius 1 is 1.25 bits per heavy atom. The quantitative estimate of drug-likeness (QED) is 0.381. The van der Waals surface area contributed by atoms with Gasteiger partial charge in [-0.25, -0.2) is 5.48 Å². The van der Waals surface area contributed by atoms with E-state index in [-0.39, 0.29) is 19.3 Å². The molecule has 7 nitrogen and oxygen atoms in total. The van der Waals surface area contributed by atoms with E-state index in [0.29, 0.717) is 17.7 Å². The van der Waals surface area contributed by atoms with Crippen molar-refractivity contribution >= 4 is 17.6 Å². The highest BCUT2D eigenvalue weighted by Gasteiger charge is 2.14. The number of rotatable bonds is 8. The first kappa shape index (κ1) is 21.9. The third-order valence-corrected chi connectivity index (χ3v) is 2.63. The Kier molecular flexibility index (Phi) is 11.2. The summed E-state index contributed by atoms with van der Waals surface area (Å²) in [5.74, 6) is -0.821. The van der Waals surface area contributed by atoms with Gasteiger partial charge in [0.25, 0.3) is 5.91 Å². The van der Waals surface area contributed by atoms with Gasteiger partial charge in [0, 0.05) is 30.8 Å². The number of amides is 1. The molecular formula is C17H29N3O4. The molecule has 0 bridgehead atoms. The molecule has 1 aromatic carbocycles. The molecule has 0 heterocycles. The number of carbonyl (C=O) groups excluding carboxylic acids is 2. The minimum Gasteiger partial charge on any atom is -0.461 e. The monoisotopic (exact) mass is 339 g/mol. The van der Waals surface area contributed by atoms with Crippen molar-refractivity contribution in [2.45, 2.75) is 47.3 Å². The van der Waals surface area contributed by atoms with Crippen LogP contribution in [0, 0.1) is 0 Å². The third kappa shape index (κ3) is 8.50. The Bertz CT molecular complexity index is 519. The maximum absolute atomic E-state index is 12.2. The summed E-state index contributed by atoms with van der Waals surface area (Å²) in [7, 11) is 0. The second kappa shape index (κ2) is 12.3. The lowest BCUT2D eigenvalue weighted by Crippen LogP contribution is -2.27. The van der Waals surface area contributed by atoms with Crippen LogP contribution in [0.1, 0.15) is 50.5 Å².